The van der Waals surface area contributed by atoms with Gasteiger partial charge in [-0.3, -0.25) is 9.10 Å². The van der Waals surface area contributed by atoms with Crippen LogP contribution >= 0.6 is 11.8 Å². The highest BCUT2D eigenvalue weighted by Crippen LogP contribution is 2.23. The smallest absolute Gasteiger partial charge is 0.240 e. The Balaban J connectivity index is 1.91. The summed E-state index contributed by atoms with van der Waals surface area (Å²) in [6.07, 6.45) is 1.08. The summed E-state index contributed by atoms with van der Waals surface area (Å²) in [4.78, 5) is 13.4. The molecule has 1 N–H and O–H groups in total. The van der Waals surface area contributed by atoms with Gasteiger partial charge in [0, 0.05) is 23.3 Å². The molecular weight excluding hydrogens is 384 g/mol. The van der Waals surface area contributed by atoms with Gasteiger partial charge in [0.2, 0.25) is 15.9 Å². The Bertz CT molecular complexity index is 868. The fourth-order valence-corrected chi connectivity index (χ4v) is 3.96. The van der Waals surface area contributed by atoms with E-state index in [9.17, 15) is 13.2 Å². The first-order valence-corrected chi connectivity index (χ1v) is 11.2. The topological polar surface area (TPSA) is 75.7 Å². The van der Waals surface area contributed by atoms with Crippen LogP contribution in [0.5, 0.6) is 5.75 Å². The molecule has 0 aliphatic carbocycles. The Hall–Kier alpha value is -2.19. The van der Waals surface area contributed by atoms with Crippen molar-refractivity contribution in [2.45, 2.75) is 11.8 Å². The maximum atomic E-state index is 12.2. The van der Waals surface area contributed by atoms with Crippen LogP contribution in [0.15, 0.2) is 53.4 Å². The molecule has 0 aliphatic rings. The van der Waals surface area contributed by atoms with Gasteiger partial charge in [0.1, 0.15) is 12.3 Å². The zero-order valence-electron chi connectivity index (χ0n) is 15.6. The monoisotopic (exact) mass is 408 g/mol. The molecule has 0 atom stereocenters. The average molecular weight is 409 g/mol. The van der Waals surface area contributed by atoms with Gasteiger partial charge in [-0.05, 0) is 31.2 Å². The first-order chi connectivity index (χ1) is 12.8. The molecule has 2 aromatic rings. The molecule has 0 aromatic heterocycles. The number of hydrogen-bond acceptors (Lipinski definition) is 5. The van der Waals surface area contributed by atoms with E-state index in [1.54, 1.807) is 36.0 Å². The number of anilines is 1. The summed E-state index contributed by atoms with van der Waals surface area (Å²) in [5.41, 5.74) is 1.59. The van der Waals surface area contributed by atoms with Crippen LogP contribution in [0.4, 0.5) is 5.69 Å². The van der Waals surface area contributed by atoms with Gasteiger partial charge in [0.25, 0.3) is 0 Å². The number of nitrogens with one attached hydrogen (secondary N) is 1. The number of sulfonamides is 1. The van der Waals surface area contributed by atoms with Crippen molar-refractivity contribution in [1.29, 1.82) is 0 Å². The molecule has 2 rings (SSSR count). The number of aryl methyl sites for hydroxylation is 1. The highest BCUT2D eigenvalue weighted by atomic mass is 32.2. The lowest BCUT2D eigenvalue weighted by atomic mass is 10.2. The Morgan fingerprint density at radius 1 is 1.19 bits per heavy atom. The molecule has 0 saturated carbocycles. The second-order valence-corrected chi connectivity index (χ2v) is 9.06. The Kier molecular flexibility index (Phi) is 7.55. The van der Waals surface area contributed by atoms with E-state index < -0.39 is 10.0 Å². The summed E-state index contributed by atoms with van der Waals surface area (Å²) >= 11 is 1.63. The summed E-state index contributed by atoms with van der Waals surface area (Å²) in [5, 5.41) is 2.77. The Morgan fingerprint density at radius 2 is 1.89 bits per heavy atom. The highest BCUT2D eigenvalue weighted by Gasteiger charge is 2.21. The molecule has 1 amide bonds. The zero-order chi connectivity index (χ0) is 19.9. The van der Waals surface area contributed by atoms with Crippen molar-refractivity contribution in [3.8, 4) is 5.75 Å². The van der Waals surface area contributed by atoms with Gasteiger partial charge in [-0.1, -0.05) is 23.8 Å². The van der Waals surface area contributed by atoms with Crippen molar-refractivity contribution in [2.24, 2.45) is 0 Å². The third-order valence-electron chi connectivity index (χ3n) is 3.74. The lowest BCUT2D eigenvalue weighted by molar-refractivity contribution is -0.119. The second-order valence-electron chi connectivity index (χ2n) is 5.98. The summed E-state index contributed by atoms with van der Waals surface area (Å²) in [6, 6.07) is 14.8. The molecule has 146 valence electrons. The van der Waals surface area contributed by atoms with Crippen LogP contribution in [0.1, 0.15) is 5.56 Å². The van der Waals surface area contributed by atoms with E-state index in [2.05, 4.69) is 5.32 Å². The number of carbonyl (C=O) groups excluding carboxylic acids is 1. The van der Waals surface area contributed by atoms with Crippen LogP contribution in [0.25, 0.3) is 0 Å². The number of benzene rings is 2. The van der Waals surface area contributed by atoms with E-state index in [0.717, 1.165) is 15.5 Å². The van der Waals surface area contributed by atoms with Crippen molar-refractivity contribution in [2.75, 3.05) is 36.5 Å². The molecule has 0 heterocycles. The molecule has 0 radical (unpaired) electrons. The molecule has 0 bridgehead atoms. The Morgan fingerprint density at radius 3 is 2.52 bits per heavy atom. The lowest BCUT2D eigenvalue weighted by Gasteiger charge is -2.22. The molecule has 0 aliphatic heterocycles. The molecule has 6 nitrogen and oxygen atoms in total. The van der Waals surface area contributed by atoms with Crippen molar-refractivity contribution in [3.05, 3.63) is 54.1 Å². The van der Waals surface area contributed by atoms with E-state index in [0.29, 0.717) is 23.7 Å². The maximum Gasteiger partial charge on any atom is 0.240 e. The minimum Gasteiger partial charge on any atom is -0.497 e. The van der Waals surface area contributed by atoms with Crippen molar-refractivity contribution >= 4 is 33.4 Å². The fourth-order valence-electron chi connectivity index (χ4n) is 2.35. The molecule has 27 heavy (non-hydrogen) atoms. The molecule has 2 aromatic carbocycles. The largest absolute Gasteiger partial charge is 0.497 e. The summed E-state index contributed by atoms with van der Waals surface area (Å²) < 4.78 is 30.4. The third-order valence-corrected chi connectivity index (χ3v) is 5.90. The van der Waals surface area contributed by atoms with E-state index in [1.807, 2.05) is 31.2 Å². The number of rotatable bonds is 9. The van der Waals surface area contributed by atoms with Crippen molar-refractivity contribution < 1.29 is 17.9 Å². The van der Waals surface area contributed by atoms with Crippen LogP contribution in [0, 0.1) is 6.92 Å². The number of carbonyl (C=O) groups is 1. The van der Waals surface area contributed by atoms with Crippen LogP contribution in [0.3, 0.4) is 0 Å². The van der Waals surface area contributed by atoms with Crippen molar-refractivity contribution in [1.82, 2.24) is 5.32 Å². The molecule has 0 fully saturated rings. The number of methoxy groups -OCH3 is 1. The lowest BCUT2D eigenvalue weighted by Crippen LogP contribution is -2.41. The second kappa shape index (κ2) is 9.66. The quantitative estimate of drug-likeness (QED) is 0.510. The van der Waals surface area contributed by atoms with Gasteiger partial charge >= 0.3 is 0 Å². The minimum absolute atomic E-state index is 0.277. The molecule has 0 unspecified atom stereocenters. The minimum atomic E-state index is -3.60. The number of hydrogen-bond donors (Lipinski definition) is 1. The van der Waals surface area contributed by atoms with Gasteiger partial charge in [0.05, 0.1) is 19.1 Å². The van der Waals surface area contributed by atoms with Gasteiger partial charge in [-0.15, -0.1) is 11.8 Å². The van der Waals surface area contributed by atoms with Gasteiger partial charge in [0.15, 0.2) is 0 Å². The number of nitrogens with zero attached hydrogens (tertiary/aromatic N) is 1. The first-order valence-electron chi connectivity index (χ1n) is 8.37. The summed E-state index contributed by atoms with van der Waals surface area (Å²) in [7, 11) is -2.10. The van der Waals surface area contributed by atoms with Crippen LogP contribution < -0.4 is 14.4 Å². The van der Waals surface area contributed by atoms with Gasteiger partial charge in [-0.2, -0.15) is 0 Å². The van der Waals surface area contributed by atoms with E-state index >= 15 is 0 Å². The predicted molar refractivity (Wildman–Crippen MR) is 110 cm³/mol. The van der Waals surface area contributed by atoms with E-state index in [4.69, 9.17) is 4.74 Å². The molecular formula is C19H24N2O4S2. The van der Waals surface area contributed by atoms with Gasteiger partial charge < -0.3 is 10.1 Å². The van der Waals surface area contributed by atoms with Crippen LogP contribution in [-0.2, 0) is 14.8 Å². The highest BCUT2D eigenvalue weighted by molar-refractivity contribution is 7.99. The summed E-state index contributed by atoms with van der Waals surface area (Å²) in [6.45, 7) is 2.21. The standard InChI is InChI=1S/C19H24N2O4S2/c1-15-7-9-18(10-8-15)26-12-11-20-19(22)14-21(27(3,23)24)16-5-4-6-17(13-16)25-2/h4-10,13H,11-12,14H2,1-3H3,(H,20,22). The molecule has 0 saturated heterocycles. The van der Waals surface area contributed by atoms with Crippen molar-refractivity contribution in [3.63, 3.8) is 0 Å². The predicted octanol–water partition coefficient (Wildman–Crippen LogP) is 2.68. The van der Waals surface area contributed by atoms with Gasteiger partial charge in [-0.25, -0.2) is 8.42 Å². The average Bonchev–Trinajstić information content (AvgIpc) is 2.64. The van der Waals surface area contributed by atoms with E-state index in [1.165, 1.54) is 12.7 Å². The summed E-state index contributed by atoms with van der Waals surface area (Å²) in [5.74, 6) is 0.871. The number of ether oxygens (including phenoxy) is 1. The molecule has 8 heteroatoms. The number of thioether (sulfide) groups is 1. The Labute approximate surface area is 165 Å². The van der Waals surface area contributed by atoms with E-state index in [-0.39, 0.29) is 12.5 Å². The normalized spacial score (nSPS) is 11.1. The molecule has 0 spiro atoms. The SMILES string of the molecule is COc1cccc(N(CC(=O)NCCSc2ccc(C)cc2)S(C)(=O)=O)c1. The first kappa shape index (κ1) is 21.1. The fraction of sp³-hybridized carbons (Fsp3) is 0.316. The zero-order valence-corrected chi connectivity index (χ0v) is 17.3. The number of amides is 1. The third kappa shape index (κ3) is 6.80. The van der Waals surface area contributed by atoms with Crippen LogP contribution in [0.2, 0.25) is 0 Å². The van der Waals surface area contributed by atoms with Crippen LogP contribution in [-0.4, -0.2) is 46.5 Å². The maximum absolute atomic E-state index is 12.2.